The Labute approximate surface area is 506 Å². The normalized spacial score (nSPS) is 16.8. The first-order valence-electron chi connectivity index (χ1n) is 28.7. The molecule has 3 atom stereocenters. The zero-order chi connectivity index (χ0) is 59.2. The van der Waals surface area contributed by atoms with Crippen LogP contribution in [-0.2, 0) is 4.74 Å². The van der Waals surface area contributed by atoms with Crippen LogP contribution in [0.2, 0.25) is 0 Å². The molecule has 438 valence electrons. The summed E-state index contributed by atoms with van der Waals surface area (Å²) in [7, 11) is 1.69. The maximum Gasteiger partial charge on any atom is 0.264 e. The van der Waals surface area contributed by atoms with E-state index >= 15 is 0 Å². The van der Waals surface area contributed by atoms with Crippen molar-refractivity contribution in [1.82, 2.24) is 44.6 Å². The number of thiophene rings is 3. The van der Waals surface area contributed by atoms with E-state index in [-0.39, 0.29) is 23.8 Å². The van der Waals surface area contributed by atoms with E-state index in [1.807, 2.05) is 67.3 Å². The molecule has 8 N–H and O–H groups in total. The van der Waals surface area contributed by atoms with Crippen molar-refractivity contribution < 1.29 is 29.3 Å². The first-order chi connectivity index (χ1) is 41.7. The van der Waals surface area contributed by atoms with E-state index in [9.17, 15) is 24.6 Å². The smallest absolute Gasteiger partial charge is 0.264 e. The molecule has 86 heavy (non-hydrogen) atoms. The number of carbonyl (C=O) groups is 3. The van der Waals surface area contributed by atoms with E-state index in [1.54, 1.807) is 35.5 Å². The van der Waals surface area contributed by atoms with Gasteiger partial charge >= 0.3 is 0 Å². The van der Waals surface area contributed by atoms with E-state index in [4.69, 9.17) is 4.74 Å². The minimum atomic E-state index is -0.416. The molecule has 0 spiro atoms. The van der Waals surface area contributed by atoms with Crippen LogP contribution in [0.15, 0.2) is 128 Å². The van der Waals surface area contributed by atoms with Gasteiger partial charge in [0.15, 0.2) is 0 Å². The van der Waals surface area contributed by atoms with E-state index < -0.39 is 12.2 Å². The molecule has 15 rings (SSSR count). The lowest BCUT2D eigenvalue weighted by molar-refractivity contribution is 0.0634. The number of H-pyrrole nitrogens is 3. The number of pyridine rings is 3. The van der Waals surface area contributed by atoms with Crippen LogP contribution in [0.1, 0.15) is 71.8 Å². The van der Waals surface area contributed by atoms with Crippen molar-refractivity contribution >= 4 is 149 Å². The molecule has 12 aromatic rings. The van der Waals surface area contributed by atoms with Crippen molar-refractivity contribution in [3.05, 3.63) is 159 Å². The highest BCUT2D eigenvalue weighted by atomic mass is 32.1. The number of nitrogens with zero attached hydrogens (tertiary/aromatic N) is 6. The van der Waals surface area contributed by atoms with Gasteiger partial charge in [0.1, 0.15) is 0 Å². The average molecular weight is 1210 g/mol. The van der Waals surface area contributed by atoms with Gasteiger partial charge in [-0.15, -0.1) is 34.0 Å². The Kier molecular flexibility index (Phi) is 15.7. The van der Waals surface area contributed by atoms with Crippen molar-refractivity contribution in [2.75, 3.05) is 62.4 Å². The highest BCUT2D eigenvalue weighted by Gasteiger charge is 2.32. The number of aliphatic hydroxyl groups is 2. The quantitative estimate of drug-likeness (QED) is 0.0604. The summed E-state index contributed by atoms with van der Waals surface area (Å²) in [6.45, 7) is 9.53. The lowest BCUT2D eigenvalue weighted by Gasteiger charge is -2.23. The Balaban J connectivity index is 0.000000120. The molecule has 0 unspecified atom stereocenters. The van der Waals surface area contributed by atoms with Gasteiger partial charge in [-0.25, -0.2) is 0 Å². The SMILES string of the molecule is COC[C@H]1CCCN1C(=O)c1cc2nccc(Nc3ccc4[nH]c(C)cc4c3)c2s1.Cc1cc2cc(Nc3ccnc4cc(C(=O)N5CC[C@@H](O)C5)sc34)ccc2[nH]1.Cc1cc2cc(Nc3ccnc4cc(C(=O)N5CC[C@H](O)C5)sc34)ccc2[nH]1. The molecule has 0 aliphatic carbocycles. The summed E-state index contributed by atoms with van der Waals surface area (Å²) in [5.74, 6) is 0.0113. The van der Waals surface area contributed by atoms with E-state index in [1.165, 1.54) is 39.4 Å². The van der Waals surface area contributed by atoms with Gasteiger partial charge in [-0.3, -0.25) is 29.3 Å². The molecule has 3 aromatic carbocycles. The van der Waals surface area contributed by atoms with Crippen molar-refractivity contribution in [3.63, 3.8) is 0 Å². The molecule has 3 aliphatic rings. The molecule has 3 amide bonds. The zero-order valence-corrected chi connectivity index (χ0v) is 50.3. The fourth-order valence-electron chi connectivity index (χ4n) is 11.7. The topological polar surface area (TPSA) is 233 Å². The number of fused-ring (bicyclic) bond motifs is 6. The number of ether oxygens (including phenoxy) is 1. The first-order valence-corrected chi connectivity index (χ1v) is 31.2. The number of hydrogen-bond acceptors (Lipinski definition) is 15. The summed E-state index contributed by atoms with van der Waals surface area (Å²) in [5, 5.41) is 33.3. The highest BCUT2D eigenvalue weighted by Crippen LogP contribution is 2.38. The van der Waals surface area contributed by atoms with Gasteiger partial charge in [-0.2, -0.15) is 0 Å². The number of methoxy groups -OCH3 is 1. The molecular formula is C65H64N12O6S3. The average Bonchev–Trinajstić information content (AvgIpc) is 2.31. The van der Waals surface area contributed by atoms with E-state index in [0.29, 0.717) is 55.4 Å². The molecule has 0 bridgehead atoms. The van der Waals surface area contributed by atoms with Gasteiger partial charge in [-0.05, 0) is 156 Å². The van der Waals surface area contributed by atoms with Crippen LogP contribution in [0.25, 0.3) is 63.4 Å². The summed E-state index contributed by atoms with van der Waals surface area (Å²) < 4.78 is 8.21. The van der Waals surface area contributed by atoms with E-state index in [0.717, 1.165) is 133 Å². The lowest BCUT2D eigenvalue weighted by atomic mass is 10.2. The van der Waals surface area contributed by atoms with Crippen molar-refractivity contribution in [3.8, 4) is 0 Å². The second-order valence-electron chi connectivity index (χ2n) is 22.3. The second-order valence-corrected chi connectivity index (χ2v) is 25.5. The van der Waals surface area contributed by atoms with Gasteiger partial charge in [0.25, 0.3) is 17.7 Å². The highest BCUT2D eigenvalue weighted by molar-refractivity contribution is 7.22. The molecule has 21 heteroatoms. The number of benzene rings is 3. The van der Waals surface area contributed by atoms with Gasteiger partial charge in [0.2, 0.25) is 0 Å². The van der Waals surface area contributed by atoms with Crippen LogP contribution in [-0.4, -0.2) is 137 Å². The Morgan fingerprint density at radius 2 is 0.907 bits per heavy atom. The minimum absolute atomic E-state index is 0.0327. The molecule has 18 nitrogen and oxygen atoms in total. The Morgan fingerprint density at radius 3 is 1.27 bits per heavy atom. The van der Waals surface area contributed by atoms with Crippen molar-refractivity contribution in [2.45, 2.75) is 64.7 Å². The number of hydrogen-bond donors (Lipinski definition) is 8. The fourth-order valence-corrected chi connectivity index (χ4v) is 14.9. The van der Waals surface area contributed by atoms with Crippen LogP contribution in [0.3, 0.4) is 0 Å². The van der Waals surface area contributed by atoms with Crippen LogP contribution >= 0.6 is 34.0 Å². The Bertz CT molecular complexity index is 4330. The van der Waals surface area contributed by atoms with Gasteiger partial charge in [-0.1, -0.05) is 0 Å². The minimum Gasteiger partial charge on any atom is -0.391 e. The number of aromatic amines is 3. The first kappa shape index (κ1) is 56.4. The maximum absolute atomic E-state index is 13.1. The lowest BCUT2D eigenvalue weighted by Crippen LogP contribution is -2.37. The molecule has 0 radical (unpaired) electrons. The van der Waals surface area contributed by atoms with Crippen LogP contribution < -0.4 is 16.0 Å². The van der Waals surface area contributed by atoms with Crippen LogP contribution in [0.4, 0.5) is 34.1 Å². The molecule has 12 heterocycles. The number of likely N-dealkylation sites (tertiary alicyclic amines) is 3. The predicted molar refractivity (Wildman–Crippen MR) is 347 cm³/mol. The van der Waals surface area contributed by atoms with Crippen molar-refractivity contribution in [2.24, 2.45) is 0 Å². The third-order valence-corrected chi connectivity index (χ3v) is 19.3. The number of anilines is 6. The molecule has 0 saturated carbocycles. The maximum atomic E-state index is 13.1. The largest absolute Gasteiger partial charge is 0.391 e. The van der Waals surface area contributed by atoms with Crippen LogP contribution in [0.5, 0.6) is 0 Å². The summed E-state index contributed by atoms with van der Waals surface area (Å²) >= 11 is 4.39. The van der Waals surface area contributed by atoms with Gasteiger partial charge in [0.05, 0.1) is 87.2 Å². The summed E-state index contributed by atoms with van der Waals surface area (Å²) in [6, 6.07) is 36.6. The number of aromatic nitrogens is 6. The molecule has 3 aliphatic heterocycles. The molecule has 3 fully saturated rings. The zero-order valence-electron chi connectivity index (χ0n) is 47.9. The number of amides is 3. The predicted octanol–water partition coefficient (Wildman–Crippen LogP) is 13.2. The number of β-amino-alcohol motifs (C(OH)–C–C–N with tert-alkyl or cyclic N) is 2. The monoisotopic (exact) mass is 1200 g/mol. The number of nitrogens with one attached hydrogen (secondary N) is 6. The molecule has 9 aromatic heterocycles. The second kappa shape index (κ2) is 24.0. The van der Waals surface area contributed by atoms with Gasteiger partial charge < -0.3 is 60.6 Å². The number of aliphatic hydroxyl groups excluding tert-OH is 2. The fraction of sp³-hybridized carbons (Fsp3) is 0.262. The van der Waals surface area contributed by atoms with Crippen molar-refractivity contribution in [1.29, 1.82) is 0 Å². The standard InChI is InChI=1S/C23H24N4O2S.2C21H20N4O2S/c1-14-10-15-11-16(5-6-18(15)25-14)26-19-7-8-24-20-12-21(30-22(19)20)23(28)27-9-3-4-17(27)13-29-2;2*1-12-8-13-9-14(2-3-16(13)23-12)24-17-4-6-22-18-10-19(28-20(17)18)21(27)25-7-5-15(26)11-25/h5-8,10-12,17,25H,3-4,9,13H2,1-2H3,(H,24,26);2*2-4,6,8-10,15,23,26H,5,7,11H2,1H3,(H,22,24)/t17-;2*15-/m110/s1. The number of aryl methyl sites for hydroxylation is 3. The third kappa shape index (κ3) is 11.8. The van der Waals surface area contributed by atoms with Gasteiger partial charge in [0, 0.05) is 125 Å². The molecular weight excluding hydrogens is 1140 g/mol. The van der Waals surface area contributed by atoms with E-state index in [2.05, 4.69) is 113 Å². The molecule has 3 saturated heterocycles. The third-order valence-electron chi connectivity index (χ3n) is 15.9. The summed E-state index contributed by atoms with van der Waals surface area (Å²) in [6.07, 6.45) is 7.77. The number of carbonyl (C=O) groups excluding carboxylic acids is 3. The Hall–Kier alpha value is -8.70. The Morgan fingerprint density at radius 1 is 0.523 bits per heavy atom. The van der Waals surface area contributed by atoms with Crippen LogP contribution in [0, 0.1) is 20.8 Å². The summed E-state index contributed by atoms with van der Waals surface area (Å²) in [4.78, 5) is 69.4. The number of rotatable bonds is 11. The summed E-state index contributed by atoms with van der Waals surface area (Å²) in [5.41, 5.74) is 15.0.